The highest BCUT2D eigenvalue weighted by Gasteiger charge is 2.34. The second-order valence-electron chi connectivity index (χ2n) is 9.23. The number of ether oxygens (including phenoxy) is 1. The van der Waals surface area contributed by atoms with Crippen LogP contribution in [0.2, 0.25) is 0 Å². The third kappa shape index (κ3) is 9.82. The van der Waals surface area contributed by atoms with Crippen LogP contribution in [0, 0.1) is 5.41 Å². The van der Waals surface area contributed by atoms with Gasteiger partial charge in [-0.25, -0.2) is 0 Å². The van der Waals surface area contributed by atoms with Gasteiger partial charge in [-0.3, -0.25) is 14.1 Å². The molecule has 29 heavy (non-hydrogen) atoms. The van der Waals surface area contributed by atoms with E-state index in [1.54, 1.807) is 0 Å². The predicted octanol–water partition coefficient (Wildman–Crippen LogP) is 2.99. The van der Waals surface area contributed by atoms with Crippen molar-refractivity contribution in [3.05, 3.63) is 0 Å². The average Bonchev–Trinajstić information content (AvgIpc) is 2.67. The number of morpholine rings is 1. The van der Waals surface area contributed by atoms with E-state index in [2.05, 4.69) is 22.5 Å². The van der Waals surface area contributed by atoms with E-state index in [0.29, 0.717) is 12.3 Å². The van der Waals surface area contributed by atoms with Crippen LogP contribution in [0.4, 0.5) is 0 Å². The van der Waals surface area contributed by atoms with Crippen LogP contribution in [0.15, 0.2) is 4.99 Å². The van der Waals surface area contributed by atoms with Gasteiger partial charge in [0.05, 0.1) is 13.2 Å². The lowest BCUT2D eigenvalue weighted by Gasteiger charge is -2.41. The molecule has 2 aliphatic rings. The van der Waals surface area contributed by atoms with E-state index < -0.39 is 10.8 Å². The van der Waals surface area contributed by atoms with E-state index >= 15 is 0 Å². The van der Waals surface area contributed by atoms with Crippen LogP contribution in [0.25, 0.3) is 0 Å². The number of nitrogens with one attached hydrogen (secondary N) is 2. The van der Waals surface area contributed by atoms with E-state index in [-0.39, 0.29) is 34.1 Å². The number of guanidine groups is 1. The molecule has 2 fully saturated rings. The van der Waals surface area contributed by atoms with Gasteiger partial charge in [0.2, 0.25) is 0 Å². The minimum atomic E-state index is -0.843. The largest absolute Gasteiger partial charge is 0.379 e. The summed E-state index contributed by atoms with van der Waals surface area (Å²) < 4.78 is 17.6. The van der Waals surface area contributed by atoms with Gasteiger partial charge in [-0.05, 0) is 40.5 Å². The highest BCUT2D eigenvalue weighted by atomic mass is 127. The van der Waals surface area contributed by atoms with Gasteiger partial charge >= 0.3 is 0 Å². The number of aliphatic imine (C=N–C) groups is 1. The van der Waals surface area contributed by atoms with Gasteiger partial charge in [0, 0.05) is 66.0 Å². The molecule has 0 aromatic carbocycles. The van der Waals surface area contributed by atoms with Crippen molar-refractivity contribution in [1.82, 2.24) is 15.5 Å². The minimum absolute atomic E-state index is 0. The van der Waals surface area contributed by atoms with E-state index in [0.717, 1.165) is 51.9 Å². The van der Waals surface area contributed by atoms with Gasteiger partial charge in [0.1, 0.15) is 0 Å². The topological polar surface area (TPSA) is 66.0 Å². The maximum atomic E-state index is 12.3. The fourth-order valence-corrected chi connectivity index (χ4v) is 4.96. The van der Waals surface area contributed by atoms with E-state index in [4.69, 9.17) is 9.73 Å². The third-order valence-electron chi connectivity index (χ3n) is 5.76. The Hall–Kier alpha value is 0.0700. The van der Waals surface area contributed by atoms with Crippen LogP contribution < -0.4 is 10.6 Å². The number of rotatable bonds is 8. The Labute approximate surface area is 197 Å². The fraction of sp³-hybridized carbons (Fsp3) is 0.952. The molecule has 0 amide bonds. The number of hydrogen-bond acceptors (Lipinski definition) is 4. The lowest BCUT2D eigenvalue weighted by molar-refractivity contribution is 0.00937. The van der Waals surface area contributed by atoms with Crippen molar-refractivity contribution in [3.63, 3.8) is 0 Å². The summed E-state index contributed by atoms with van der Waals surface area (Å²) in [5.74, 6) is 1.51. The normalized spacial score (nSPS) is 21.9. The van der Waals surface area contributed by atoms with Gasteiger partial charge in [0.15, 0.2) is 5.96 Å². The molecule has 172 valence electrons. The highest BCUT2D eigenvalue weighted by molar-refractivity contribution is 14.0. The number of halogens is 1. The summed E-state index contributed by atoms with van der Waals surface area (Å²) in [5.41, 5.74) is 0.284. The summed E-state index contributed by atoms with van der Waals surface area (Å²) in [7, 11) is -0.843. The Balaban J connectivity index is 0.00000420. The summed E-state index contributed by atoms with van der Waals surface area (Å²) in [6.07, 6.45) is 6.51. The SMILES string of the molecule is CCNC(=NCC1(CN2CCOCC2)CCCCC1)NCCS(=O)C(C)(C)C.I. The molecule has 1 saturated heterocycles. The Morgan fingerprint density at radius 2 is 1.79 bits per heavy atom. The quantitative estimate of drug-likeness (QED) is 0.281. The Morgan fingerprint density at radius 3 is 2.38 bits per heavy atom. The zero-order valence-electron chi connectivity index (χ0n) is 18.9. The Kier molecular flexibility index (Phi) is 12.6. The number of hydrogen-bond donors (Lipinski definition) is 2. The summed E-state index contributed by atoms with van der Waals surface area (Å²) in [4.78, 5) is 7.54. The monoisotopic (exact) mass is 542 g/mol. The zero-order valence-corrected chi connectivity index (χ0v) is 22.1. The molecule has 2 N–H and O–H groups in total. The maximum absolute atomic E-state index is 12.3. The van der Waals surface area contributed by atoms with E-state index in [1.807, 2.05) is 20.8 Å². The van der Waals surface area contributed by atoms with Crippen molar-refractivity contribution in [2.75, 3.05) is 58.2 Å². The molecular weight excluding hydrogens is 499 g/mol. The van der Waals surface area contributed by atoms with Crippen LogP contribution in [-0.2, 0) is 15.5 Å². The predicted molar refractivity (Wildman–Crippen MR) is 135 cm³/mol. The molecule has 0 spiro atoms. The van der Waals surface area contributed by atoms with Crippen LogP contribution >= 0.6 is 24.0 Å². The van der Waals surface area contributed by atoms with Crippen molar-refractivity contribution in [2.24, 2.45) is 10.4 Å². The molecule has 6 nitrogen and oxygen atoms in total. The molecule has 1 aliphatic carbocycles. The standard InChI is InChI=1S/C21H42N4O2S.HI/c1-5-22-19(23-11-16-28(26)20(2,3)4)24-17-21(9-7-6-8-10-21)18-25-12-14-27-15-13-25;/h5-18H2,1-4H3,(H2,22,23,24);1H. The molecule has 1 unspecified atom stereocenters. The van der Waals surface area contributed by atoms with Crippen LogP contribution in [0.5, 0.6) is 0 Å². The first-order chi connectivity index (χ1) is 13.3. The van der Waals surface area contributed by atoms with Crippen molar-refractivity contribution < 1.29 is 8.95 Å². The summed E-state index contributed by atoms with van der Waals surface area (Å²) >= 11 is 0. The fourth-order valence-electron chi connectivity index (χ4n) is 4.06. The molecule has 1 saturated carbocycles. The van der Waals surface area contributed by atoms with Crippen LogP contribution in [-0.4, -0.2) is 78.1 Å². The zero-order chi connectivity index (χ0) is 20.5. The molecule has 0 aromatic rings. The molecule has 0 aromatic heterocycles. The third-order valence-corrected chi connectivity index (χ3v) is 7.70. The van der Waals surface area contributed by atoms with E-state index in [9.17, 15) is 4.21 Å². The van der Waals surface area contributed by atoms with Crippen molar-refractivity contribution in [2.45, 2.75) is 64.5 Å². The summed E-state index contributed by atoms with van der Waals surface area (Å²) in [6, 6.07) is 0. The molecule has 0 radical (unpaired) electrons. The van der Waals surface area contributed by atoms with Gasteiger partial charge in [-0.2, -0.15) is 0 Å². The molecule has 1 heterocycles. The van der Waals surface area contributed by atoms with Crippen molar-refractivity contribution >= 4 is 40.7 Å². The first-order valence-corrected chi connectivity index (χ1v) is 12.4. The van der Waals surface area contributed by atoms with Gasteiger partial charge < -0.3 is 15.4 Å². The van der Waals surface area contributed by atoms with Crippen LogP contribution in [0.1, 0.15) is 59.8 Å². The molecule has 1 atom stereocenters. The number of nitrogens with zero attached hydrogens (tertiary/aromatic N) is 2. The highest BCUT2D eigenvalue weighted by Crippen LogP contribution is 2.37. The average molecular weight is 543 g/mol. The molecule has 2 rings (SSSR count). The molecule has 0 bridgehead atoms. The van der Waals surface area contributed by atoms with Crippen molar-refractivity contribution in [3.8, 4) is 0 Å². The second kappa shape index (κ2) is 13.5. The molecule has 8 heteroatoms. The Bertz CT molecular complexity index is 513. The molecular formula is C21H43IN4O2S. The van der Waals surface area contributed by atoms with Crippen LogP contribution in [0.3, 0.4) is 0 Å². The van der Waals surface area contributed by atoms with Gasteiger partial charge in [-0.1, -0.05) is 19.3 Å². The van der Waals surface area contributed by atoms with Crippen molar-refractivity contribution in [1.29, 1.82) is 0 Å². The second-order valence-corrected chi connectivity index (χ2v) is 11.6. The van der Waals surface area contributed by atoms with Gasteiger partial charge in [0.25, 0.3) is 0 Å². The lowest BCUT2D eigenvalue weighted by atomic mass is 9.73. The minimum Gasteiger partial charge on any atom is -0.379 e. The summed E-state index contributed by atoms with van der Waals surface area (Å²) in [6.45, 7) is 15.5. The first kappa shape index (κ1) is 27.1. The molecule has 1 aliphatic heterocycles. The van der Waals surface area contributed by atoms with E-state index in [1.165, 1.54) is 32.1 Å². The maximum Gasteiger partial charge on any atom is 0.191 e. The van der Waals surface area contributed by atoms with Gasteiger partial charge in [-0.15, -0.1) is 24.0 Å². The first-order valence-electron chi connectivity index (χ1n) is 11.1. The Morgan fingerprint density at radius 1 is 1.14 bits per heavy atom. The smallest absolute Gasteiger partial charge is 0.191 e. The lowest BCUT2D eigenvalue weighted by Crippen LogP contribution is -2.47. The summed E-state index contributed by atoms with van der Waals surface area (Å²) in [5, 5.41) is 6.76.